The van der Waals surface area contributed by atoms with Gasteiger partial charge in [0.05, 0.1) is 17.2 Å². The number of carbonyl (C=O) groups is 2. The maximum absolute atomic E-state index is 13.0. The largest absolute Gasteiger partial charge is 0.339 e. The van der Waals surface area contributed by atoms with Crippen molar-refractivity contribution in [1.29, 1.82) is 0 Å². The molecule has 1 atom stereocenters. The summed E-state index contributed by atoms with van der Waals surface area (Å²) >= 11 is 0. The highest BCUT2D eigenvalue weighted by Gasteiger charge is 2.28. The van der Waals surface area contributed by atoms with Gasteiger partial charge in [0, 0.05) is 13.1 Å². The maximum atomic E-state index is 13.0. The Labute approximate surface area is 154 Å². The second kappa shape index (κ2) is 7.32. The van der Waals surface area contributed by atoms with Crippen molar-refractivity contribution in [3.05, 3.63) is 65.2 Å². The lowest BCUT2D eigenvalue weighted by Gasteiger charge is -2.25. The van der Waals surface area contributed by atoms with Gasteiger partial charge in [-0.3, -0.25) is 9.59 Å². The van der Waals surface area contributed by atoms with Crippen molar-refractivity contribution < 1.29 is 9.59 Å². The van der Waals surface area contributed by atoms with Gasteiger partial charge in [-0.05, 0) is 55.4 Å². The molecular formula is C22H24N2O2. The lowest BCUT2D eigenvalue weighted by molar-refractivity contribution is -0.117. The van der Waals surface area contributed by atoms with Gasteiger partial charge in [0.15, 0.2) is 0 Å². The SMILES string of the molecule is O=C(Nc1ccccc1C(=O)N1CCCC1)C1CCCc2ccccc21. The fraction of sp³-hybridized carbons (Fsp3) is 0.364. The van der Waals surface area contributed by atoms with Gasteiger partial charge in [0.1, 0.15) is 0 Å². The first-order chi connectivity index (χ1) is 12.7. The third kappa shape index (κ3) is 3.24. The Morgan fingerprint density at radius 1 is 0.923 bits per heavy atom. The number of hydrogen-bond donors (Lipinski definition) is 1. The Balaban J connectivity index is 1.57. The minimum absolute atomic E-state index is 0.0150. The average Bonchev–Trinajstić information content (AvgIpc) is 3.22. The van der Waals surface area contributed by atoms with E-state index in [2.05, 4.69) is 17.4 Å². The number of aryl methyl sites for hydroxylation is 1. The lowest BCUT2D eigenvalue weighted by atomic mass is 9.82. The Morgan fingerprint density at radius 2 is 1.65 bits per heavy atom. The van der Waals surface area contributed by atoms with Crippen molar-refractivity contribution in [2.24, 2.45) is 0 Å². The highest BCUT2D eigenvalue weighted by atomic mass is 16.2. The number of para-hydroxylation sites is 1. The predicted molar refractivity (Wildman–Crippen MR) is 102 cm³/mol. The lowest BCUT2D eigenvalue weighted by Crippen LogP contribution is -2.30. The van der Waals surface area contributed by atoms with Gasteiger partial charge in [0.2, 0.25) is 5.91 Å². The van der Waals surface area contributed by atoms with Crippen LogP contribution in [0.1, 0.15) is 53.1 Å². The van der Waals surface area contributed by atoms with E-state index in [-0.39, 0.29) is 17.7 Å². The van der Waals surface area contributed by atoms with Crippen LogP contribution in [0, 0.1) is 0 Å². The maximum Gasteiger partial charge on any atom is 0.255 e. The number of amides is 2. The van der Waals surface area contributed by atoms with Gasteiger partial charge in [-0.2, -0.15) is 0 Å². The molecule has 4 heteroatoms. The van der Waals surface area contributed by atoms with Crippen molar-refractivity contribution in [3.63, 3.8) is 0 Å². The fourth-order valence-electron chi connectivity index (χ4n) is 4.12. The molecule has 1 saturated heterocycles. The van der Waals surface area contributed by atoms with E-state index < -0.39 is 0 Å². The van der Waals surface area contributed by atoms with E-state index in [1.807, 2.05) is 41.3 Å². The second-order valence-corrected chi connectivity index (χ2v) is 7.18. The molecule has 1 fully saturated rings. The molecule has 26 heavy (non-hydrogen) atoms. The average molecular weight is 348 g/mol. The van der Waals surface area contributed by atoms with Crippen LogP contribution >= 0.6 is 0 Å². The molecule has 1 heterocycles. The molecule has 2 aromatic rings. The van der Waals surface area contributed by atoms with E-state index in [0.717, 1.165) is 50.8 Å². The number of carbonyl (C=O) groups excluding carboxylic acids is 2. The first kappa shape index (κ1) is 16.8. The number of fused-ring (bicyclic) bond motifs is 1. The van der Waals surface area contributed by atoms with Crippen LogP contribution in [0.15, 0.2) is 48.5 Å². The number of nitrogens with one attached hydrogen (secondary N) is 1. The molecule has 1 N–H and O–H groups in total. The van der Waals surface area contributed by atoms with Crippen LogP contribution in [-0.2, 0) is 11.2 Å². The van der Waals surface area contributed by atoms with Crippen molar-refractivity contribution in [1.82, 2.24) is 4.90 Å². The molecule has 1 aliphatic carbocycles. The zero-order valence-corrected chi connectivity index (χ0v) is 14.9. The molecule has 0 aromatic heterocycles. The van der Waals surface area contributed by atoms with E-state index in [4.69, 9.17) is 0 Å². The van der Waals surface area contributed by atoms with Crippen molar-refractivity contribution in [2.45, 2.75) is 38.0 Å². The third-order valence-corrected chi connectivity index (χ3v) is 5.49. The summed E-state index contributed by atoms with van der Waals surface area (Å²) in [6, 6.07) is 15.6. The quantitative estimate of drug-likeness (QED) is 0.912. The molecular weight excluding hydrogens is 324 g/mol. The van der Waals surface area contributed by atoms with Crippen molar-refractivity contribution in [2.75, 3.05) is 18.4 Å². The van der Waals surface area contributed by atoms with Gasteiger partial charge in [-0.1, -0.05) is 36.4 Å². The van der Waals surface area contributed by atoms with E-state index in [1.54, 1.807) is 0 Å². The van der Waals surface area contributed by atoms with Crippen LogP contribution in [0.25, 0.3) is 0 Å². The number of anilines is 1. The third-order valence-electron chi connectivity index (χ3n) is 5.49. The zero-order chi connectivity index (χ0) is 17.9. The molecule has 0 bridgehead atoms. The summed E-state index contributed by atoms with van der Waals surface area (Å²) in [6.45, 7) is 1.61. The van der Waals surface area contributed by atoms with Crippen molar-refractivity contribution in [3.8, 4) is 0 Å². The molecule has 0 saturated carbocycles. The minimum atomic E-state index is -0.144. The monoisotopic (exact) mass is 348 g/mol. The molecule has 1 aliphatic heterocycles. The van der Waals surface area contributed by atoms with Crippen LogP contribution in [-0.4, -0.2) is 29.8 Å². The van der Waals surface area contributed by atoms with Gasteiger partial charge >= 0.3 is 0 Å². The highest BCUT2D eigenvalue weighted by Crippen LogP contribution is 2.33. The zero-order valence-electron chi connectivity index (χ0n) is 14.9. The van der Waals surface area contributed by atoms with Gasteiger partial charge < -0.3 is 10.2 Å². The normalized spacial score (nSPS) is 19.1. The Hall–Kier alpha value is -2.62. The molecule has 2 amide bonds. The van der Waals surface area contributed by atoms with Crippen LogP contribution in [0.2, 0.25) is 0 Å². The molecule has 4 rings (SSSR count). The number of nitrogens with zero attached hydrogens (tertiary/aromatic N) is 1. The van der Waals surface area contributed by atoms with E-state index in [9.17, 15) is 9.59 Å². The summed E-state index contributed by atoms with van der Waals surface area (Å²) in [5, 5.41) is 3.04. The topological polar surface area (TPSA) is 49.4 Å². The number of likely N-dealkylation sites (tertiary alicyclic amines) is 1. The first-order valence-corrected chi connectivity index (χ1v) is 9.51. The minimum Gasteiger partial charge on any atom is -0.339 e. The predicted octanol–water partition coefficient (Wildman–Crippen LogP) is 3.98. The number of rotatable bonds is 3. The van der Waals surface area contributed by atoms with Crippen LogP contribution in [0.3, 0.4) is 0 Å². The van der Waals surface area contributed by atoms with Crippen LogP contribution in [0.4, 0.5) is 5.69 Å². The molecule has 0 radical (unpaired) electrons. The molecule has 0 spiro atoms. The summed E-state index contributed by atoms with van der Waals surface area (Å²) in [5.74, 6) is -0.142. The summed E-state index contributed by atoms with van der Waals surface area (Å²) in [6.07, 6.45) is 5.01. The van der Waals surface area contributed by atoms with E-state index in [0.29, 0.717) is 11.3 Å². The summed E-state index contributed by atoms with van der Waals surface area (Å²) in [4.78, 5) is 27.7. The summed E-state index contributed by atoms with van der Waals surface area (Å²) in [5.41, 5.74) is 3.60. The Bertz CT molecular complexity index is 824. The van der Waals surface area contributed by atoms with Crippen molar-refractivity contribution >= 4 is 17.5 Å². The van der Waals surface area contributed by atoms with Crippen LogP contribution < -0.4 is 5.32 Å². The van der Waals surface area contributed by atoms with Crippen LogP contribution in [0.5, 0.6) is 0 Å². The summed E-state index contributed by atoms with van der Waals surface area (Å²) in [7, 11) is 0. The number of hydrogen-bond acceptors (Lipinski definition) is 2. The van der Waals surface area contributed by atoms with Gasteiger partial charge in [-0.15, -0.1) is 0 Å². The van der Waals surface area contributed by atoms with E-state index in [1.165, 1.54) is 5.56 Å². The van der Waals surface area contributed by atoms with E-state index >= 15 is 0 Å². The Kier molecular flexibility index (Phi) is 4.74. The smallest absolute Gasteiger partial charge is 0.255 e. The second-order valence-electron chi connectivity index (χ2n) is 7.18. The standard InChI is InChI=1S/C22H24N2O2/c25-21(18-12-7-9-16-8-1-2-10-17(16)18)23-20-13-4-3-11-19(20)22(26)24-14-5-6-15-24/h1-4,8,10-11,13,18H,5-7,9,12,14-15H2,(H,23,25). The molecule has 2 aliphatic rings. The molecule has 134 valence electrons. The fourth-order valence-corrected chi connectivity index (χ4v) is 4.12. The highest BCUT2D eigenvalue weighted by molar-refractivity contribution is 6.05. The molecule has 4 nitrogen and oxygen atoms in total. The number of benzene rings is 2. The molecule has 2 aromatic carbocycles. The molecule has 1 unspecified atom stereocenters. The first-order valence-electron chi connectivity index (χ1n) is 9.51. The Morgan fingerprint density at radius 3 is 2.50 bits per heavy atom. The van der Waals surface area contributed by atoms with Gasteiger partial charge in [-0.25, -0.2) is 0 Å². The van der Waals surface area contributed by atoms with Gasteiger partial charge in [0.25, 0.3) is 5.91 Å². The summed E-state index contributed by atoms with van der Waals surface area (Å²) < 4.78 is 0.